The van der Waals surface area contributed by atoms with Gasteiger partial charge in [0.2, 0.25) is 0 Å². The minimum absolute atomic E-state index is 0.267. The standard InChI is InChI=1S/C13H16Br3N3S/c1-4-17-9(8-5-11(14)20-13(8)16)6-10-12(15)7(2)18-19(10)3/h5,9,17H,4,6H2,1-3H3. The Bertz CT molecular complexity index is 606. The van der Waals surface area contributed by atoms with Gasteiger partial charge in [-0.3, -0.25) is 4.68 Å². The highest BCUT2D eigenvalue weighted by molar-refractivity contribution is 9.12. The maximum Gasteiger partial charge on any atom is 0.0758 e. The third kappa shape index (κ3) is 3.55. The van der Waals surface area contributed by atoms with E-state index in [1.165, 1.54) is 15.0 Å². The SMILES string of the molecule is CCNC(Cc1c(Br)c(C)nn1C)c1cc(Br)sc1Br. The van der Waals surface area contributed by atoms with Gasteiger partial charge in [0.05, 0.1) is 23.4 Å². The minimum atomic E-state index is 0.267. The molecule has 0 amide bonds. The Morgan fingerprint density at radius 2 is 2.10 bits per heavy atom. The first kappa shape index (κ1) is 16.7. The highest BCUT2D eigenvalue weighted by Gasteiger charge is 2.21. The van der Waals surface area contributed by atoms with Crippen molar-refractivity contribution in [3.8, 4) is 0 Å². The lowest BCUT2D eigenvalue weighted by molar-refractivity contribution is 0.527. The van der Waals surface area contributed by atoms with Crippen LogP contribution in [0.4, 0.5) is 0 Å². The molecule has 0 aliphatic rings. The van der Waals surface area contributed by atoms with Crippen LogP contribution in [0.15, 0.2) is 18.1 Å². The molecular weight excluding hydrogens is 470 g/mol. The fourth-order valence-corrected chi connectivity index (χ4v) is 5.70. The van der Waals surface area contributed by atoms with Gasteiger partial charge in [0.15, 0.2) is 0 Å². The smallest absolute Gasteiger partial charge is 0.0758 e. The summed E-state index contributed by atoms with van der Waals surface area (Å²) in [5.41, 5.74) is 3.53. The van der Waals surface area contributed by atoms with E-state index in [4.69, 9.17) is 0 Å². The second-order valence-electron chi connectivity index (χ2n) is 4.56. The molecule has 0 radical (unpaired) electrons. The number of hydrogen-bond acceptors (Lipinski definition) is 3. The van der Waals surface area contributed by atoms with E-state index >= 15 is 0 Å². The Morgan fingerprint density at radius 1 is 1.40 bits per heavy atom. The molecule has 0 aromatic carbocycles. The fourth-order valence-electron chi connectivity index (χ4n) is 2.22. The quantitative estimate of drug-likeness (QED) is 0.648. The molecule has 3 nitrogen and oxygen atoms in total. The van der Waals surface area contributed by atoms with Gasteiger partial charge in [-0.1, -0.05) is 6.92 Å². The molecule has 2 aromatic heterocycles. The van der Waals surface area contributed by atoms with Gasteiger partial charge >= 0.3 is 0 Å². The zero-order chi connectivity index (χ0) is 14.9. The van der Waals surface area contributed by atoms with E-state index in [1.807, 2.05) is 18.7 Å². The zero-order valence-corrected chi connectivity index (χ0v) is 17.1. The topological polar surface area (TPSA) is 29.9 Å². The van der Waals surface area contributed by atoms with E-state index in [-0.39, 0.29) is 6.04 Å². The summed E-state index contributed by atoms with van der Waals surface area (Å²) in [7, 11) is 1.99. The first-order chi connectivity index (χ1) is 9.43. The number of thiophene rings is 1. The molecule has 0 bridgehead atoms. The number of nitrogens with one attached hydrogen (secondary N) is 1. The van der Waals surface area contributed by atoms with Crippen molar-refractivity contribution in [2.45, 2.75) is 26.3 Å². The summed E-state index contributed by atoms with van der Waals surface area (Å²) in [5, 5.41) is 8.03. The van der Waals surface area contributed by atoms with Crippen molar-refractivity contribution >= 4 is 59.1 Å². The minimum Gasteiger partial charge on any atom is -0.310 e. The molecule has 0 aliphatic heterocycles. The highest BCUT2D eigenvalue weighted by atomic mass is 79.9. The lowest BCUT2D eigenvalue weighted by atomic mass is 10.0. The largest absolute Gasteiger partial charge is 0.310 e. The summed E-state index contributed by atoms with van der Waals surface area (Å²) >= 11 is 12.6. The Morgan fingerprint density at radius 3 is 2.55 bits per heavy atom. The summed E-state index contributed by atoms with van der Waals surface area (Å²) in [5.74, 6) is 0. The highest BCUT2D eigenvalue weighted by Crippen LogP contribution is 2.37. The van der Waals surface area contributed by atoms with E-state index in [0.717, 1.165) is 26.9 Å². The molecule has 0 fully saturated rings. The van der Waals surface area contributed by atoms with Crippen molar-refractivity contribution in [3.63, 3.8) is 0 Å². The molecular formula is C13H16Br3N3S. The molecule has 20 heavy (non-hydrogen) atoms. The average Bonchev–Trinajstić information content (AvgIpc) is 2.82. The van der Waals surface area contributed by atoms with Crippen molar-refractivity contribution < 1.29 is 0 Å². The number of rotatable bonds is 5. The van der Waals surface area contributed by atoms with Crippen LogP contribution in [0.2, 0.25) is 0 Å². The number of nitrogens with zero attached hydrogens (tertiary/aromatic N) is 2. The molecule has 0 aliphatic carbocycles. The van der Waals surface area contributed by atoms with Crippen LogP contribution in [0.25, 0.3) is 0 Å². The van der Waals surface area contributed by atoms with Gasteiger partial charge in [-0.05, 0) is 72.9 Å². The number of aromatic nitrogens is 2. The lowest BCUT2D eigenvalue weighted by Crippen LogP contribution is -2.24. The van der Waals surface area contributed by atoms with Gasteiger partial charge in [0.25, 0.3) is 0 Å². The van der Waals surface area contributed by atoms with E-state index in [1.54, 1.807) is 11.3 Å². The van der Waals surface area contributed by atoms with Gasteiger partial charge in [-0.2, -0.15) is 5.10 Å². The predicted octanol–water partition coefficient (Wildman–Crippen LogP) is 4.97. The monoisotopic (exact) mass is 483 g/mol. The van der Waals surface area contributed by atoms with Crippen LogP contribution in [0.1, 0.15) is 29.9 Å². The van der Waals surface area contributed by atoms with Crippen LogP contribution in [0.5, 0.6) is 0 Å². The number of hydrogen-bond donors (Lipinski definition) is 1. The van der Waals surface area contributed by atoms with E-state index in [9.17, 15) is 0 Å². The van der Waals surface area contributed by atoms with Crippen molar-refractivity contribution in [1.29, 1.82) is 0 Å². The second-order valence-corrected chi connectivity index (χ2v) is 9.11. The van der Waals surface area contributed by atoms with Gasteiger partial charge in [0, 0.05) is 19.5 Å². The molecule has 1 N–H and O–H groups in total. The number of halogens is 3. The van der Waals surface area contributed by atoms with E-state index in [0.29, 0.717) is 0 Å². The summed E-state index contributed by atoms with van der Waals surface area (Å²) in [6.07, 6.45) is 0.896. The maximum atomic E-state index is 4.47. The van der Waals surface area contributed by atoms with Crippen LogP contribution >= 0.6 is 59.1 Å². The maximum absolute atomic E-state index is 4.47. The molecule has 7 heteroatoms. The van der Waals surface area contributed by atoms with Crippen LogP contribution in [0, 0.1) is 6.92 Å². The molecule has 110 valence electrons. The van der Waals surface area contributed by atoms with Crippen molar-refractivity contribution in [3.05, 3.63) is 35.1 Å². The molecule has 2 aromatic rings. The zero-order valence-electron chi connectivity index (χ0n) is 11.5. The van der Waals surface area contributed by atoms with Gasteiger partial charge in [-0.15, -0.1) is 11.3 Å². The summed E-state index contributed by atoms with van der Waals surface area (Å²) in [6.45, 7) is 5.08. The number of likely N-dealkylation sites (N-methyl/N-ethyl adjacent to an activating group) is 1. The van der Waals surface area contributed by atoms with Gasteiger partial charge in [-0.25, -0.2) is 0 Å². The molecule has 0 saturated carbocycles. The van der Waals surface area contributed by atoms with Crippen molar-refractivity contribution in [2.24, 2.45) is 7.05 Å². The Hall–Kier alpha value is 0.310. The molecule has 0 saturated heterocycles. The van der Waals surface area contributed by atoms with Crippen LogP contribution in [-0.2, 0) is 13.5 Å². The Labute approximate surface area is 148 Å². The average molecular weight is 486 g/mol. The van der Waals surface area contributed by atoms with Gasteiger partial charge in [0.1, 0.15) is 0 Å². The van der Waals surface area contributed by atoms with Crippen LogP contribution in [-0.4, -0.2) is 16.3 Å². The van der Waals surface area contributed by atoms with Crippen LogP contribution < -0.4 is 5.32 Å². The first-order valence-corrected chi connectivity index (χ1v) is 9.49. The van der Waals surface area contributed by atoms with Crippen molar-refractivity contribution in [1.82, 2.24) is 15.1 Å². The lowest BCUT2D eigenvalue weighted by Gasteiger charge is -2.18. The predicted molar refractivity (Wildman–Crippen MR) is 95.5 cm³/mol. The number of aryl methyl sites for hydroxylation is 2. The molecule has 2 rings (SSSR count). The Kier molecular flexibility index (Phi) is 5.88. The summed E-state index contributed by atoms with van der Waals surface area (Å²) in [4.78, 5) is 0. The third-order valence-corrected chi connectivity index (χ3v) is 6.59. The molecule has 2 heterocycles. The van der Waals surface area contributed by atoms with E-state index < -0.39 is 0 Å². The van der Waals surface area contributed by atoms with E-state index in [2.05, 4.69) is 71.2 Å². The molecule has 0 spiro atoms. The summed E-state index contributed by atoms with van der Waals surface area (Å²) in [6, 6.07) is 2.45. The molecule has 1 unspecified atom stereocenters. The third-order valence-electron chi connectivity index (χ3n) is 3.17. The molecule has 1 atom stereocenters. The Balaban J connectivity index is 2.32. The van der Waals surface area contributed by atoms with Crippen LogP contribution in [0.3, 0.4) is 0 Å². The fraction of sp³-hybridized carbons (Fsp3) is 0.462. The second kappa shape index (κ2) is 7.05. The summed E-state index contributed by atoms with van der Waals surface area (Å²) < 4.78 is 5.38. The van der Waals surface area contributed by atoms with Crippen molar-refractivity contribution in [2.75, 3.05) is 6.54 Å². The first-order valence-electron chi connectivity index (χ1n) is 6.30. The normalized spacial score (nSPS) is 12.9. The van der Waals surface area contributed by atoms with Gasteiger partial charge < -0.3 is 5.32 Å².